The van der Waals surface area contributed by atoms with Gasteiger partial charge in [0.2, 0.25) is 0 Å². The Hall–Kier alpha value is -4.17. The Morgan fingerprint density at radius 1 is 0.380 bits per heavy atom. The molecule has 0 fully saturated rings. The minimum absolute atomic E-state index is 0.0314. The second-order valence-electron chi connectivity index (χ2n) is 35.0. The average Bonchev–Trinajstić information content (AvgIpc) is 1.53. The van der Waals surface area contributed by atoms with Crippen molar-refractivity contribution < 1.29 is 19.2 Å². The standard InChI is InChI=1S/C93H128N2O4S7Si2/c1-18-27-33-36-39-42-54-95-87(97)75-77(89(95)99)85(106-79(75)65-56-67-80(101-65)82-69(58-71(103-82)90(10,11)25-8)107(67,55-43-40-37-34-28-19-2)64-50-47-62(48-51-64)45-31-22-5)93(16,17)92(14,15)72-59-70-83(104-72)81-68(108(70,60-61(24-7)44-30-21-4)73-52-49-63(100-73)46-32-23-6)57-66(102-81)78-74-76(84(105-78)91(12,13)26-9)88(98)94(86(74)96)53-41-38-35-29-20-3/h47-52,56-59,61H,18-46,53-55,60H2,1-17H3. The summed E-state index contributed by atoms with van der Waals surface area (Å²) in [7, 11) is -5.53. The lowest BCUT2D eigenvalue weighted by atomic mass is 9.65. The highest BCUT2D eigenvalue weighted by Gasteiger charge is 2.57. The van der Waals surface area contributed by atoms with E-state index in [2.05, 4.69) is 190 Å². The molecule has 8 aromatic rings. The Balaban J connectivity index is 1.04. The Morgan fingerprint density at radius 2 is 0.824 bits per heavy atom. The normalized spacial score (nSPS) is 17.3. The fourth-order valence-electron chi connectivity index (χ4n) is 17.9. The van der Waals surface area contributed by atoms with Gasteiger partial charge in [-0.05, 0) is 142 Å². The van der Waals surface area contributed by atoms with Gasteiger partial charge in [-0.2, -0.15) is 0 Å². The van der Waals surface area contributed by atoms with Crippen molar-refractivity contribution in [1.29, 1.82) is 0 Å². The summed E-state index contributed by atoms with van der Waals surface area (Å²) in [5, 5.41) is 7.67. The van der Waals surface area contributed by atoms with Crippen LogP contribution in [0.3, 0.4) is 0 Å². The van der Waals surface area contributed by atoms with E-state index in [4.69, 9.17) is 0 Å². The van der Waals surface area contributed by atoms with Crippen LogP contribution < -0.4 is 30.4 Å². The van der Waals surface area contributed by atoms with E-state index in [0.717, 1.165) is 144 Å². The van der Waals surface area contributed by atoms with E-state index in [-0.39, 0.29) is 34.5 Å². The first-order valence-corrected chi connectivity index (χ1v) is 52.8. The smallest absolute Gasteiger partial charge is 0.263 e. The quantitative estimate of drug-likeness (QED) is 0.0217. The van der Waals surface area contributed by atoms with Gasteiger partial charge in [-0.3, -0.25) is 29.0 Å². The molecule has 4 amide bonds. The van der Waals surface area contributed by atoms with Gasteiger partial charge < -0.3 is 0 Å². The van der Waals surface area contributed by atoms with Crippen LogP contribution >= 0.6 is 79.4 Å². The molecule has 3 atom stereocenters. The molecule has 7 aromatic heterocycles. The first-order valence-electron chi connectivity index (χ1n) is 42.7. The number of aryl methyl sites for hydroxylation is 2. The third-order valence-corrected chi connectivity index (χ3v) is 48.4. The molecule has 4 aliphatic heterocycles. The van der Waals surface area contributed by atoms with E-state index < -0.39 is 27.0 Å². The highest BCUT2D eigenvalue weighted by Crippen LogP contribution is 2.58. The summed E-state index contributed by atoms with van der Waals surface area (Å²) in [5.74, 6) is 0.0885. The molecule has 0 saturated heterocycles. The van der Waals surface area contributed by atoms with Gasteiger partial charge in [0.25, 0.3) is 23.6 Å². The molecule has 584 valence electrons. The molecule has 6 nitrogen and oxygen atoms in total. The van der Waals surface area contributed by atoms with Crippen LogP contribution in [-0.2, 0) is 34.5 Å². The minimum Gasteiger partial charge on any atom is -0.274 e. The maximum atomic E-state index is 16.0. The molecular weight excluding hydrogens is 1490 g/mol. The van der Waals surface area contributed by atoms with E-state index in [9.17, 15) is 4.79 Å². The minimum atomic E-state index is -2.87. The molecule has 15 heteroatoms. The summed E-state index contributed by atoms with van der Waals surface area (Å²) in [6.07, 6.45) is 32.7. The monoisotopic (exact) mass is 1620 g/mol. The van der Waals surface area contributed by atoms with E-state index >= 15 is 14.4 Å². The summed E-state index contributed by atoms with van der Waals surface area (Å²) in [6, 6.07) is 27.8. The van der Waals surface area contributed by atoms with E-state index in [1.165, 1.54) is 144 Å². The van der Waals surface area contributed by atoms with Crippen molar-refractivity contribution in [1.82, 2.24) is 9.80 Å². The first-order chi connectivity index (χ1) is 51.8. The second-order valence-corrected chi connectivity index (χ2v) is 50.6. The highest BCUT2D eigenvalue weighted by atomic mass is 32.1. The largest absolute Gasteiger partial charge is 0.274 e. The second kappa shape index (κ2) is 34.9. The molecule has 0 bridgehead atoms. The van der Waals surface area contributed by atoms with Crippen LogP contribution in [0, 0.1) is 5.92 Å². The maximum Gasteiger partial charge on any atom is 0.263 e. The molecule has 0 spiro atoms. The zero-order chi connectivity index (χ0) is 77.3. The number of hydrogen-bond donors (Lipinski definition) is 0. The van der Waals surface area contributed by atoms with Crippen molar-refractivity contribution in [2.75, 3.05) is 13.1 Å². The number of imide groups is 2. The average molecular weight is 1620 g/mol. The molecule has 0 saturated carbocycles. The topological polar surface area (TPSA) is 74.8 Å². The maximum absolute atomic E-state index is 16.0. The van der Waals surface area contributed by atoms with Gasteiger partial charge in [-0.25, -0.2) is 0 Å². The lowest BCUT2D eigenvalue weighted by molar-refractivity contribution is 0.0635. The van der Waals surface area contributed by atoms with Crippen molar-refractivity contribution >= 4 is 150 Å². The van der Waals surface area contributed by atoms with Crippen LogP contribution in [0.15, 0.2) is 60.7 Å². The van der Waals surface area contributed by atoms with Crippen LogP contribution in [0.1, 0.15) is 362 Å². The number of hydrogen-bond acceptors (Lipinski definition) is 11. The van der Waals surface area contributed by atoms with Crippen molar-refractivity contribution in [3.8, 4) is 39.0 Å². The number of amides is 4. The van der Waals surface area contributed by atoms with Crippen LogP contribution in [0.4, 0.5) is 0 Å². The van der Waals surface area contributed by atoms with E-state index in [0.29, 0.717) is 41.3 Å². The number of carbonyl (C=O) groups is 4. The SMILES string of the molecule is CCCCCCCCN1C(=O)c2c(-c3cc4c(s3)-c3sc(C(C)(C)CC)cc3[Si]4(CCCCCCCC)c3ccc(CCCC)cc3)sc(C(C)(C)C(C)(C)c3cc4c(s3)-c3sc(-c5sc(C(C)(C)CC)c6c5C(=O)N(CCCCCCC)C6=O)cc3[Si]4(CC(CC)CCCC)c3ccc(CCCC)s3)c2C1=O. The Morgan fingerprint density at radius 3 is 1.36 bits per heavy atom. The van der Waals surface area contributed by atoms with Gasteiger partial charge in [0.15, 0.2) is 16.1 Å². The first kappa shape index (κ1) is 83.3. The molecule has 108 heavy (non-hydrogen) atoms. The van der Waals surface area contributed by atoms with Crippen LogP contribution in [0.25, 0.3) is 39.0 Å². The molecule has 4 aliphatic rings. The number of carbonyl (C=O) groups excluding carboxylic acids is 4. The fourth-order valence-corrected chi connectivity index (χ4v) is 42.4. The Labute approximate surface area is 681 Å². The Bertz CT molecular complexity index is 4500. The van der Waals surface area contributed by atoms with Crippen molar-refractivity contribution in [3.63, 3.8) is 0 Å². The zero-order valence-corrected chi connectivity index (χ0v) is 76.8. The number of rotatable bonds is 43. The number of unbranched alkanes of at least 4 members (excludes halogenated alkanes) is 17. The molecule has 0 N–H and O–H groups in total. The summed E-state index contributed by atoms with van der Waals surface area (Å²) in [4.78, 5) is 81.7. The molecular formula is C93H128N2O4S7Si2. The Kier molecular flexibility index (Phi) is 26.9. The van der Waals surface area contributed by atoms with Gasteiger partial charge in [0.1, 0.15) is 0 Å². The predicted molar refractivity (Wildman–Crippen MR) is 481 cm³/mol. The predicted octanol–water partition coefficient (Wildman–Crippen LogP) is 25.8. The van der Waals surface area contributed by atoms with E-state index in [1.807, 2.05) is 45.3 Å². The number of benzene rings is 1. The number of nitrogens with zero attached hydrogens (tertiary/aromatic N) is 2. The molecule has 1 aromatic carbocycles. The van der Waals surface area contributed by atoms with Crippen LogP contribution in [0.2, 0.25) is 12.1 Å². The number of fused-ring (bicyclic) bond motifs is 8. The van der Waals surface area contributed by atoms with Gasteiger partial charge >= 0.3 is 0 Å². The summed E-state index contributed by atoms with van der Waals surface area (Å²) >= 11 is 13.4. The molecule has 12 rings (SSSR count). The molecule has 11 heterocycles. The molecule has 0 aliphatic carbocycles. The fraction of sp³-hybridized carbons (Fsp3) is 0.591. The van der Waals surface area contributed by atoms with Crippen LogP contribution in [-0.4, -0.2) is 62.7 Å². The third kappa shape index (κ3) is 15.2. The molecule has 0 radical (unpaired) electrons. The summed E-state index contributed by atoms with van der Waals surface area (Å²) in [5.41, 5.74) is 2.59. The van der Waals surface area contributed by atoms with Crippen molar-refractivity contribution in [3.05, 3.63) is 113 Å². The van der Waals surface area contributed by atoms with Gasteiger partial charge in [0.05, 0.1) is 32.0 Å². The highest BCUT2D eigenvalue weighted by molar-refractivity contribution is 7.39. The van der Waals surface area contributed by atoms with Gasteiger partial charge in [0, 0.05) is 82.1 Å². The lowest BCUT2D eigenvalue weighted by Gasteiger charge is -2.41. The lowest BCUT2D eigenvalue weighted by Crippen LogP contribution is -2.64. The zero-order valence-electron chi connectivity index (χ0n) is 69.1. The third-order valence-electron chi connectivity index (χ3n) is 26.5. The summed E-state index contributed by atoms with van der Waals surface area (Å²) in [6.45, 7) is 40.8. The van der Waals surface area contributed by atoms with Crippen LogP contribution in [0.5, 0.6) is 0 Å². The van der Waals surface area contributed by atoms with Crippen molar-refractivity contribution in [2.24, 2.45) is 5.92 Å². The van der Waals surface area contributed by atoms with Crippen molar-refractivity contribution in [2.45, 2.75) is 338 Å². The number of thiophene rings is 7. The molecule has 3 unspecified atom stereocenters. The summed E-state index contributed by atoms with van der Waals surface area (Å²) < 4.78 is 1.54. The van der Waals surface area contributed by atoms with Gasteiger partial charge in [-0.15, -0.1) is 79.4 Å². The van der Waals surface area contributed by atoms with Gasteiger partial charge in [-0.1, -0.05) is 283 Å². The van der Waals surface area contributed by atoms with E-state index in [1.54, 1.807) is 42.2 Å².